The number of nitrogens with one attached hydrogen (secondary N) is 1. The summed E-state index contributed by atoms with van der Waals surface area (Å²) in [6.07, 6.45) is 5.39. The first-order valence-electron chi connectivity index (χ1n) is 9.53. The summed E-state index contributed by atoms with van der Waals surface area (Å²) in [6, 6.07) is 18.1. The predicted molar refractivity (Wildman–Crippen MR) is 118 cm³/mol. The van der Waals surface area contributed by atoms with Crippen LogP contribution < -0.4 is 5.32 Å². The van der Waals surface area contributed by atoms with Crippen molar-refractivity contribution < 1.29 is 0 Å². The van der Waals surface area contributed by atoms with E-state index in [0.717, 1.165) is 23.5 Å². The molecule has 0 radical (unpaired) electrons. The number of nitrogens with zero attached hydrogens (tertiary/aromatic N) is 4. The smallest absolute Gasteiger partial charge is 0.134 e. The Morgan fingerprint density at radius 2 is 1.76 bits per heavy atom. The van der Waals surface area contributed by atoms with E-state index >= 15 is 0 Å². The molecule has 0 saturated heterocycles. The first kappa shape index (κ1) is 19.2. The largest absolute Gasteiger partial charge is 0.340 e. The molecule has 0 aliphatic heterocycles. The van der Waals surface area contributed by atoms with Crippen molar-refractivity contribution in [3.63, 3.8) is 0 Å². The minimum absolute atomic E-state index is 0.536. The SMILES string of the molecule is CC(C)c1ccc(Cn2cc(-c3cc(Nc4ccc(Cl)cc4)ncn3)cn2)cc1. The van der Waals surface area contributed by atoms with E-state index in [2.05, 4.69) is 58.5 Å². The molecule has 0 amide bonds. The Balaban J connectivity index is 1.48. The van der Waals surface area contributed by atoms with Crippen molar-refractivity contribution in [2.75, 3.05) is 5.32 Å². The fourth-order valence-corrected chi connectivity index (χ4v) is 3.17. The van der Waals surface area contributed by atoms with E-state index in [1.165, 1.54) is 11.1 Å². The second-order valence-electron chi connectivity index (χ2n) is 7.24. The summed E-state index contributed by atoms with van der Waals surface area (Å²) < 4.78 is 1.92. The average Bonchev–Trinajstić information content (AvgIpc) is 3.19. The summed E-state index contributed by atoms with van der Waals surface area (Å²) in [5.41, 5.74) is 5.25. The fourth-order valence-electron chi connectivity index (χ4n) is 3.04. The molecule has 29 heavy (non-hydrogen) atoms. The number of anilines is 2. The van der Waals surface area contributed by atoms with Crippen LogP contribution in [0.4, 0.5) is 11.5 Å². The second-order valence-corrected chi connectivity index (χ2v) is 7.68. The van der Waals surface area contributed by atoms with Crippen LogP contribution in [0.2, 0.25) is 5.02 Å². The maximum atomic E-state index is 5.94. The first-order valence-corrected chi connectivity index (χ1v) is 9.91. The lowest BCUT2D eigenvalue weighted by Gasteiger charge is -2.07. The van der Waals surface area contributed by atoms with Crippen LogP contribution in [0.3, 0.4) is 0 Å². The fraction of sp³-hybridized carbons (Fsp3) is 0.174. The van der Waals surface area contributed by atoms with Crippen molar-refractivity contribution >= 4 is 23.1 Å². The Morgan fingerprint density at radius 3 is 2.48 bits per heavy atom. The van der Waals surface area contributed by atoms with Gasteiger partial charge in [-0.1, -0.05) is 49.7 Å². The summed E-state index contributed by atoms with van der Waals surface area (Å²) in [5, 5.41) is 8.45. The Morgan fingerprint density at radius 1 is 1.00 bits per heavy atom. The van der Waals surface area contributed by atoms with Gasteiger partial charge in [-0.05, 0) is 41.3 Å². The molecular weight excluding hydrogens is 382 g/mol. The van der Waals surface area contributed by atoms with Gasteiger partial charge in [-0.25, -0.2) is 9.97 Å². The molecular formula is C23H22ClN5. The van der Waals surface area contributed by atoms with Gasteiger partial charge in [-0.15, -0.1) is 0 Å². The highest BCUT2D eigenvalue weighted by Crippen LogP contribution is 2.22. The number of halogens is 1. The quantitative estimate of drug-likeness (QED) is 0.435. The molecule has 0 aliphatic rings. The van der Waals surface area contributed by atoms with Gasteiger partial charge in [0, 0.05) is 28.5 Å². The second kappa shape index (κ2) is 8.45. The maximum Gasteiger partial charge on any atom is 0.134 e. The Kier molecular flexibility index (Phi) is 5.58. The summed E-state index contributed by atoms with van der Waals surface area (Å²) in [7, 11) is 0. The van der Waals surface area contributed by atoms with Gasteiger partial charge in [-0.3, -0.25) is 4.68 Å². The normalized spacial score (nSPS) is 11.0. The zero-order valence-corrected chi connectivity index (χ0v) is 17.1. The molecule has 2 aromatic carbocycles. The predicted octanol–water partition coefficient (Wildman–Crippen LogP) is 5.91. The molecule has 5 nitrogen and oxygen atoms in total. The van der Waals surface area contributed by atoms with E-state index in [1.807, 2.05) is 47.4 Å². The van der Waals surface area contributed by atoms with Crippen LogP contribution >= 0.6 is 11.6 Å². The summed E-state index contributed by atoms with van der Waals surface area (Å²) in [4.78, 5) is 8.69. The zero-order valence-electron chi connectivity index (χ0n) is 16.4. The van der Waals surface area contributed by atoms with Crippen LogP contribution in [0.5, 0.6) is 0 Å². The van der Waals surface area contributed by atoms with E-state index in [9.17, 15) is 0 Å². The van der Waals surface area contributed by atoms with Crippen LogP contribution in [0, 0.1) is 0 Å². The summed E-state index contributed by atoms with van der Waals surface area (Å²) >= 11 is 5.94. The molecule has 1 N–H and O–H groups in total. The van der Waals surface area contributed by atoms with Crippen molar-refractivity contribution in [1.29, 1.82) is 0 Å². The third-order valence-electron chi connectivity index (χ3n) is 4.70. The lowest BCUT2D eigenvalue weighted by atomic mass is 10.0. The zero-order chi connectivity index (χ0) is 20.2. The van der Waals surface area contributed by atoms with Crippen LogP contribution in [-0.4, -0.2) is 19.7 Å². The molecule has 2 aromatic heterocycles. The molecule has 0 spiro atoms. The van der Waals surface area contributed by atoms with Gasteiger partial charge in [0.15, 0.2) is 0 Å². The number of benzene rings is 2. The number of aromatic nitrogens is 4. The van der Waals surface area contributed by atoms with Gasteiger partial charge in [0.25, 0.3) is 0 Å². The van der Waals surface area contributed by atoms with Gasteiger partial charge in [-0.2, -0.15) is 5.10 Å². The lowest BCUT2D eigenvalue weighted by molar-refractivity contribution is 0.686. The average molecular weight is 404 g/mol. The first-order chi connectivity index (χ1) is 14.1. The van der Waals surface area contributed by atoms with E-state index < -0.39 is 0 Å². The number of rotatable bonds is 6. The highest BCUT2D eigenvalue weighted by atomic mass is 35.5. The molecule has 4 rings (SSSR count). The van der Waals surface area contributed by atoms with Gasteiger partial charge in [0.2, 0.25) is 0 Å². The molecule has 0 aliphatic carbocycles. The van der Waals surface area contributed by atoms with Crippen molar-refractivity contribution in [3.05, 3.63) is 89.5 Å². The molecule has 0 bridgehead atoms. The van der Waals surface area contributed by atoms with Crippen LogP contribution in [0.15, 0.2) is 73.3 Å². The van der Waals surface area contributed by atoms with Gasteiger partial charge >= 0.3 is 0 Å². The third-order valence-corrected chi connectivity index (χ3v) is 4.96. The van der Waals surface area contributed by atoms with Gasteiger partial charge < -0.3 is 5.32 Å². The lowest BCUT2D eigenvalue weighted by Crippen LogP contribution is -2.00. The van der Waals surface area contributed by atoms with Crippen LogP contribution in [0.25, 0.3) is 11.3 Å². The summed E-state index contributed by atoms with van der Waals surface area (Å²) in [6.45, 7) is 5.12. The monoisotopic (exact) mass is 403 g/mol. The van der Waals surface area contributed by atoms with Crippen LogP contribution in [-0.2, 0) is 6.54 Å². The van der Waals surface area contributed by atoms with Crippen molar-refractivity contribution in [1.82, 2.24) is 19.7 Å². The van der Waals surface area contributed by atoms with E-state index in [-0.39, 0.29) is 0 Å². The molecule has 4 aromatic rings. The minimum atomic E-state index is 0.536. The highest BCUT2D eigenvalue weighted by molar-refractivity contribution is 6.30. The number of hydrogen-bond donors (Lipinski definition) is 1. The Bertz CT molecular complexity index is 1080. The Labute approximate surface area is 175 Å². The molecule has 0 fully saturated rings. The molecule has 146 valence electrons. The summed E-state index contributed by atoms with van der Waals surface area (Å²) in [5.74, 6) is 1.25. The highest BCUT2D eigenvalue weighted by Gasteiger charge is 2.07. The molecule has 0 saturated carbocycles. The van der Waals surface area contributed by atoms with E-state index in [4.69, 9.17) is 11.6 Å². The standard InChI is InChI=1S/C23H22ClN5/c1-16(2)18-5-3-17(4-6-18)13-29-14-19(12-27-29)22-11-23(26-15-25-22)28-21-9-7-20(24)8-10-21/h3-12,14-16H,13H2,1-2H3,(H,25,26,28). The van der Waals surface area contributed by atoms with Gasteiger partial charge in [0.05, 0.1) is 18.4 Å². The van der Waals surface area contributed by atoms with Gasteiger partial charge in [0.1, 0.15) is 12.1 Å². The van der Waals surface area contributed by atoms with Crippen molar-refractivity contribution in [2.24, 2.45) is 0 Å². The topological polar surface area (TPSA) is 55.6 Å². The molecule has 2 heterocycles. The molecule has 0 unspecified atom stereocenters. The van der Waals surface area contributed by atoms with E-state index in [1.54, 1.807) is 6.33 Å². The maximum absolute atomic E-state index is 5.94. The van der Waals surface area contributed by atoms with Crippen molar-refractivity contribution in [3.8, 4) is 11.3 Å². The number of hydrogen-bond acceptors (Lipinski definition) is 4. The Hall–Kier alpha value is -3.18. The molecule has 6 heteroatoms. The minimum Gasteiger partial charge on any atom is -0.340 e. The third kappa shape index (κ3) is 4.81. The van der Waals surface area contributed by atoms with E-state index in [0.29, 0.717) is 16.8 Å². The molecule has 0 atom stereocenters. The van der Waals surface area contributed by atoms with Crippen molar-refractivity contribution in [2.45, 2.75) is 26.3 Å². The van der Waals surface area contributed by atoms with Crippen LogP contribution in [0.1, 0.15) is 30.9 Å².